The second-order valence-electron chi connectivity index (χ2n) is 7.72. The first kappa shape index (κ1) is 20.5. The van der Waals surface area contributed by atoms with Crippen LogP contribution in [-0.2, 0) is 13.1 Å². The third-order valence-corrected chi connectivity index (χ3v) is 6.50. The highest BCUT2D eigenvalue weighted by atomic mass is 35.5. The van der Waals surface area contributed by atoms with Crippen LogP contribution in [0.1, 0.15) is 24.0 Å². The number of benzene rings is 1. The molecule has 0 radical (unpaired) electrons. The molecular weight excluding hydrogens is 413 g/mol. The minimum atomic E-state index is -0.442. The van der Waals surface area contributed by atoms with Crippen LogP contribution >= 0.6 is 23.2 Å². The fourth-order valence-electron chi connectivity index (χ4n) is 4.04. The first-order valence-corrected chi connectivity index (χ1v) is 10.7. The molecule has 0 aliphatic carbocycles. The van der Waals surface area contributed by atoms with Gasteiger partial charge in [0.05, 0.1) is 15.6 Å². The number of hydrogen-bond acceptors (Lipinski definition) is 6. The minimum absolute atomic E-state index is 0.0834. The standard InChI is InChI=1S/C21H25Cl2N3O3/c22-18-4-3-16(11-19(18)23)26-9-7-25(8-10-26)12-15-14-29-21(28)17(20(15)27)13-24-5-1-2-6-24/h3-4,11,14,27H,1-2,5-10,12-13H2. The normalized spacial score (nSPS) is 18.5. The highest BCUT2D eigenvalue weighted by molar-refractivity contribution is 6.42. The van der Waals surface area contributed by atoms with Crippen LogP contribution in [0.15, 0.2) is 33.7 Å². The van der Waals surface area contributed by atoms with Crippen LogP contribution in [0.2, 0.25) is 10.0 Å². The number of anilines is 1. The van der Waals surface area contributed by atoms with E-state index in [1.54, 1.807) is 0 Å². The van der Waals surface area contributed by atoms with Crippen molar-refractivity contribution in [1.29, 1.82) is 0 Å². The molecule has 2 fully saturated rings. The second-order valence-corrected chi connectivity index (χ2v) is 8.53. The van der Waals surface area contributed by atoms with Gasteiger partial charge in [0.15, 0.2) is 0 Å². The van der Waals surface area contributed by atoms with Gasteiger partial charge < -0.3 is 14.4 Å². The first-order valence-electron chi connectivity index (χ1n) is 9.98. The molecule has 1 N–H and O–H groups in total. The molecule has 1 aromatic heterocycles. The highest BCUT2D eigenvalue weighted by Crippen LogP contribution is 2.28. The molecule has 3 heterocycles. The zero-order chi connectivity index (χ0) is 20.4. The Morgan fingerprint density at radius 1 is 0.931 bits per heavy atom. The van der Waals surface area contributed by atoms with Crippen LogP contribution in [-0.4, -0.2) is 54.2 Å². The van der Waals surface area contributed by atoms with Crippen molar-refractivity contribution in [3.63, 3.8) is 0 Å². The first-order chi connectivity index (χ1) is 14.0. The van der Waals surface area contributed by atoms with Gasteiger partial charge >= 0.3 is 5.63 Å². The van der Waals surface area contributed by atoms with Gasteiger partial charge in [-0.3, -0.25) is 9.80 Å². The van der Waals surface area contributed by atoms with Crippen molar-refractivity contribution in [2.75, 3.05) is 44.2 Å². The van der Waals surface area contributed by atoms with E-state index in [1.165, 1.54) is 6.26 Å². The van der Waals surface area contributed by atoms with Gasteiger partial charge in [0.2, 0.25) is 0 Å². The van der Waals surface area contributed by atoms with Gasteiger partial charge in [0.25, 0.3) is 0 Å². The number of halogens is 2. The van der Waals surface area contributed by atoms with Crippen molar-refractivity contribution in [2.45, 2.75) is 25.9 Å². The van der Waals surface area contributed by atoms with E-state index < -0.39 is 5.63 Å². The van der Waals surface area contributed by atoms with Crippen molar-refractivity contribution >= 4 is 28.9 Å². The maximum absolute atomic E-state index is 12.1. The number of rotatable bonds is 5. The lowest BCUT2D eigenvalue weighted by atomic mass is 10.1. The van der Waals surface area contributed by atoms with Crippen molar-refractivity contribution in [2.24, 2.45) is 0 Å². The molecule has 0 spiro atoms. The lowest BCUT2D eigenvalue weighted by Crippen LogP contribution is -2.46. The number of likely N-dealkylation sites (tertiary alicyclic amines) is 1. The van der Waals surface area contributed by atoms with E-state index in [1.807, 2.05) is 18.2 Å². The zero-order valence-corrected chi connectivity index (χ0v) is 17.8. The summed E-state index contributed by atoms with van der Waals surface area (Å²) in [5.74, 6) is 0.0834. The van der Waals surface area contributed by atoms with Crippen LogP contribution in [0.25, 0.3) is 0 Å². The molecule has 0 bridgehead atoms. The van der Waals surface area contributed by atoms with Gasteiger partial charge in [0.1, 0.15) is 12.0 Å². The quantitative estimate of drug-likeness (QED) is 0.771. The molecule has 2 saturated heterocycles. The Bertz CT molecular complexity index is 920. The van der Waals surface area contributed by atoms with E-state index in [2.05, 4.69) is 14.7 Å². The van der Waals surface area contributed by atoms with Crippen LogP contribution in [0.5, 0.6) is 5.75 Å². The Labute approximate surface area is 180 Å². The number of aromatic hydroxyl groups is 1. The van der Waals surface area contributed by atoms with Crippen LogP contribution < -0.4 is 10.5 Å². The monoisotopic (exact) mass is 437 g/mol. The van der Waals surface area contributed by atoms with Crippen LogP contribution in [0.3, 0.4) is 0 Å². The largest absolute Gasteiger partial charge is 0.507 e. The Morgan fingerprint density at radius 2 is 1.62 bits per heavy atom. The molecule has 8 heteroatoms. The van der Waals surface area contributed by atoms with E-state index in [0.29, 0.717) is 34.3 Å². The third kappa shape index (κ3) is 4.72. The number of hydrogen-bond donors (Lipinski definition) is 1. The second kappa shape index (κ2) is 8.96. The Morgan fingerprint density at radius 3 is 2.31 bits per heavy atom. The van der Waals surface area contributed by atoms with E-state index in [9.17, 15) is 9.90 Å². The summed E-state index contributed by atoms with van der Waals surface area (Å²) in [6.07, 6.45) is 3.67. The lowest BCUT2D eigenvalue weighted by Gasteiger charge is -2.36. The van der Waals surface area contributed by atoms with E-state index in [-0.39, 0.29) is 5.75 Å². The number of piperazine rings is 1. The van der Waals surface area contributed by atoms with Gasteiger partial charge in [-0.2, -0.15) is 0 Å². The summed E-state index contributed by atoms with van der Waals surface area (Å²) in [6, 6.07) is 5.69. The Hall–Kier alpha value is -1.73. The van der Waals surface area contributed by atoms with E-state index >= 15 is 0 Å². The van der Waals surface area contributed by atoms with E-state index in [0.717, 1.165) is 57.8 Å². The average Bonchev–Trinajstić information content (AvgIpc) is 3.23. The summed E-state index contributed by atoms with van der Waals surface area (Å²) < 4.78 is 5.23. The smallest absolute Gasteiger partial charge is 0.343 e. The van der Waals surface area contributed by atoms with E-state index in [4.69, 9.17) is 27.6 Å². The van der Waals surface area contributed by atoms with Crippen molar-refractivity contribution in [3.05, 3.63) is 56.1 Å². The lowest BCUT2D eigenvalue weighted by molar-refractivity contribution is 0.242. The summed E-state index contributed by atoms with van der Waals surface area (Å²) in [7, 11) is 0. The Kier molecular flexibility index (Phi) is 6.35. The van der Waals surface area contributed by atoms with Gasteiger partial charge in [0, 0.05) is 50.5 Å². The molecule has 156 valence electrons. The van der Waals surface area contributed by atoms with Crippen LogP contribution in [0.4, 0.5) is 5.69 Å². The molecule has 2 aromatic rings. The Balaban J connectivity index is 1.40. The average molecular weight is 438 g/mol. The SMILES string of the molecule is O=c1occ(CN2CCN(c3ccc(Cl)c(Cl)c3)CC2)c(O)c1CN1CCCC1. The summed E-state index contributed by atoms with van der Waals surface area (Å²) >= 11 is 12.1. The molecule has 0 saturated carbocycles. The van der Waals surface area contributed by atoms with Crippen molar-refractivity contribution in [3.8, 4) is 5.75 Å². The van der Waals surface area contributed by atoms with Crippen LogP contribution in [0, 0.1) is 0 Å². The summed E-state index contributed by atoms with van der Waals surface area (Å²) in [5, 5.41) is 11.8. The van der Waals surface area contributed by atoms with Gasteiger partial charge in [-0.05, 0) is 44.1 Å². The number of nitrogens with zero attached hydrogens (tertiary/aromatic N) is 3. The summed E-state index contributed by atoms with van der Waals surface area (Å²) in [4.78, 5) is 18.8. The maximum Gasteiger partial charge on any atom is 0.343 e. The zero-order valence-electron chi connectivity index (χ0n) is 16.2. The minimum Gasteiger partial charge on any atom is -0.507 e. The molecule has 0 unspecified atom stereocenters. The molecule has 4 rings (SSSR count). The predicted octanol–water partition coefficient (Wildman–Crippen LogP) is 3.57. The molecule has 2 aliphatic heterocycles. The fourth-order valence-corrected chi connectivity index (χ4v) is 4.34. The molecule has 0 amide bonds. The topological polar surface area (TPSA) is 60.2 Å². The van der Waals surface area contributed by atoms with Crippen molar-refractivity contribution < 1.29 is 9.52 Å². The highest BCUT2D eigenvalue weighted by Gasteiger charge is 2.23. The van der Waals surface area contributed by atoms with Gasteiger partial charge in [-0.1, -0.05) is 23.2 Å². The maximum atomic E-state index is 12.1. The molecular formula is C21H25Cl2N3O3. The van der Waals surface area contributed by atoms with Gasteiger partial charge in [-0.15, -0.1) is 0 Å². The molecule has 1 aromatic carbocycles. The molecule has 6 nitrogen and oxygen atoms in total. The third-order valence-electron chi connectivity index (χ3n) is 5.76. The predicted molar refractivity (Wildman–Crippen MR) is 115 cm³/mol. The molecule has 29 heavy (non-hydrogen) atoms. The summed E-state index contributed by atoms with van der Waals surface area (Å²) in [6.45, 7) is 6.28. The molecule has 0 atom stereocenters. The van der Waals surface area contributed by atoms with Gasteiger partial charge in [-0.25, -0.2) is 4.79 Å². The van der Waals surface area contributed by atoms with Crippen molar-refractivity contribution in [1.82, 2.24) is 9.80 Å². The summed E-state index contributed by atoms with van der Waals surface area (Å²) in [5.41, 5.74) is 1.66. The fraction of sp³-hybridized carbons (Fsp3) is 0.476. The molecule has 2 aliphatic rings.